The van der Waals surface area contributed by atoms with E-state index < -0.39 is 10.8 Å². The smallest absolute Gasteiger partial charge is 0.0590 e. The number of rotatable bonds is 8. The molecule has 80 valence electrons. The molecular weight excluding hydrogens is 186 g/mol. The van der Waals surface area contributed by atoms with Gasteiger partial charge < -0.3 is 10.1 Å². The van der Waals surface area contributed by atoms with E-state index >= 15 is 0 Å². The number of hydrogen-bond donors (Lipinski definition) is 1. The van der Waals surface area contributed by atoms with Gasteiger partial charge in [0.25, 0.3) is 0 Å². The van der Waals surface area contributed by atoms with Crippen LogP contribution in [-0.2, 0) is 15.5 Å². The molecule has 1 N–H and O–H groups in total. The Bertz CT molecular complexity index is 142. The van der Waals surface area contributed by atoms with Crippen LogP contribution in [-0.4, -0.2) is 42.0 Å². The maximum absolute atomic E-state index is 10.9. The highest BCUT2D eigenvalue weighted by Gasteiger charge is 2.03. The van der Waals surface area contributed by atoms with E-state index in [1.165, 1.54) is 0 Å². The van der Waals surface area contributed by atoms with Crippen LogP contribution >= 0.6 is 0 Å². The lowest BCUT2D eigenvalue weighted by atomic mass is 10.4. The molecule has 0 saturated heterocycles. The van der Waals surface area contributed by atoms with E-state index in [1.807, 2.05) is 6.92 Å². The van der Waals surface area contributed by atoms with Crippen molar-refractivity contribution < 1.29 is 8.95 Å². The van der Waals surface area contributed by atoms with Crippen LogP contribution in [0, 0.1) is 0 Å². The van der Waals surface area contributed by atoms with Crippen molar-refractivity contribution in [3.63, 3.8) is 0 Å². The lowest BCUT2D eigenvalue weighted by molar-refractivity contribution is 0.137. The van der Waals surface area contributed by atoms with Crippen molar-refractivity contribution in [2.24, 2.45) is 0 Å². The minimum absolute atomic E-state index is 0.228. The minimum atomic E-state index is -0.722. The summed E-state index contributed by atoms with van der Waals surface area (Å²) in [4.78, 5) is 0. The normalized spacial score (nSPS) is 15.6. The average Bonchev–Trinajstić information content (AvgIpc) is 2.10. The monoisotopic (exact) mass is 207 g/mol. The predicted molar refractivity (Wildman–Crippen MR) is 57.5 cm³/mol. The average molecular weight is 207 g/mol. The van der Waals surface area contributed by atoms with E-state index in [9.17, 15) is 4.21 Å². The van der Waals surface area contributed by atoms with Crippen molar-refractivity contribution in [3.8, 4) is 0 Å². The molecule has 4 heteroatoms. The van der Waals surface area contributed by atoms with Gasteiger partial charge in [-0.2, -0.15) is 0 Å². The van der Waals surface area contributed by atoms with Crippen molar-refractivity contribution in [2.75, 3.05) is 32.6 Å². The maximum Gasteiger partial charge on any atom is 0.0590 e. The summed E-state index contributed by atoms with van der Waals surface area (Å²) in [5, 5.41) is 3.44. The van der Waals surface area contributed by atoms with Gasteiger partial charge in [-0.1, -0.05) is 6.92 Å². The molecule has 0 aliphatic rings. The fraction of sp³-hybridized carbons (Fsp3) is 1.00. The zero-order chi connectivity index (χ0) is 10.1. The Kier molecular flexibility index (Phi) is 8.71. The van der Waals surface area contributed by atoms with Crippen molar-refractivity contribution in [1.82, 2.24) is 5.32 Å². The third-order valence-electron chi connectivity index (χ3n) is 1.77. The van der Waals surface area contributed by atoms with Crippen molar-refractivity contribution in [3.05, 3.63) is 0 Å². The molecule has 0 radical (unpaired) electrons. The van der Waals surface area contributed by atoms with Gasteiger partial charge in [-0.25, -0.2) is 0 Å². The Labute approximate surface area is 83.7 Å². The van der Waals surface area contributed by atoms with Crippen LogP contribution in [0.5, 0.6) is 0 Å². The molecule has 0 bridgehead atoms. The van der Waals surface area contributed by atoms with Crippen LogP contribution in [0.3, 0.4) is 0 Å². The molecule has 0 amide bonds. The Morgan fingerprint density at radius 2 is 2.15 bits per heavy atom. The third-order valence-corrected chi connectivity index (χ3v) is 3.07. The van der Waals surface area contributed by atoms with Gasteiger partial charge in [0.1, 0.15) is 0 Å². The molecule has 0 aromatic heterocycles. The van der Waals surface area contributed by atoms with Gasteiger partial charge in [0.2, 0.25) is 0 Å². The van der Waals surface area contributed by atoms with E-state index in [2.05, 4.69) is 12.2 Å². The number of ether oxygens (including phenoxy) is 1. The van der Waals surface area contributed by atoms with Gasteiger partial charge in [0.05, 0.1) is 6.61 Å². The summed E-state index contributed by atoms with van der Waals surface area (Å²) in [6.07, 6.45) is 2.80. The summed E-state index contributed by atoms with van der Waals surface area (Å²) in [7, 11) is -0.722. The second-order valence-corrected chi connectivity index (χ2v) is 4.93. The van der Waals surface area contributed by atoms with Gasteiger partial charge in [0, 0.05) is 42.0 Å². The summed E-state index contributed by atoms with van der Waals surface area (Å²) >= 11 is 0. The van der Waals surface area contributed by atoms with E-state index in [4.69, 9.17) is 4.74 Å². The van der Waals surface area contributed by atoms with Crippen LogP contribution < -0.4 is 5.32 Å². The Balaban J connectivity index is 3.11. The summed E-state index contributed by atoms with van der Waals surface area (Å²) in [6.45, 7) is 7.31. The van der Waals surface area contributed by atoms with Crippen LogP contribution in [0.2, 0.25) is 0 Å². The third kappa shape index (κ3) is 8.40. The molecule has 0 aromatic rings. The Morgan fingerprint density at radius 3 is 2.69 bits per heavy atom. The van der Waals surface area contributed by atoms with Crippen LogP contribution in [0.25, 0.3) is 0 Å². The second-order valence-electron chi connectivity index (χ2n) is 3.13. The molecule has 0 fully saturated rings. The second kappa shape index (κ2) is 8.66. The summed E-state index contributed by atoms with van der Waals surface area (Å²) in [6, 6.07) is 0. The van der Waals surface area contributed by atoms with Crippen LogP contribution in [0.1, 0.15) is 20.3 Å². The number of nitrogens with one attached hydrogen (secondary N) is 1. The number of hydrogen-bond acceptors (Lipinski definition) is 3. The van der Waals surface area contributed by atoms with Crippen molar-refractivity contribution >= 4 is 10.8 Å². The zero-order valence-corrected chi connectivity index (χ0v) is 9.65. The highest BCUT2D eigenvalue weighted by molar-refractivity contribution is 7.84. The van der Waals surface area contributed by atoms with Gasteiger partial charge in [0.15, 0.2) is 0 Å². The van der Waals surface area contributed by atoms with Gasteiger partial charge in [-0.3, -0.25) is 4.21 Å². The molecule has 0 saturated carbocycles. The molecule has 0 spiro atoms. The first-order valence-corrected chi connectivity index (χ1v) is 6.41. The van der Waals surface area contributed by atoms with Gasteiger partial charge in [-0.05, 0) is 13.3 Å². The Morgan fingerprint density at radius 1 is 1.46 bits per heavy atom. The summed E-state index contributed by atoms with van der Waals surface area (Å²) in [5.74, 6) is 0. The molecule has 3 nitrogen and oxygen atoms in total. The van der Waals surface area contributed by atoms with E-state index in [1.54, 1.807) is 6.26 Å². The molecule has 0 heterocycles. The first-order chi connectivity index (χ1) is 6.18. The standard InChI is InChI=1S/C9H21NO2S/c1-4-6-12-7-5-10-8-9(2)13(3)11/h9-10H,4-8H2,1-3H3. The fourth-order valence-electron chi connectivity index (χ4n) is 0.813. The summed E-state index contributed by atoms with van der Waals surface area (Å²) in [5.41, 5.74) is 0. The highest BCUT2D eigenvalue weighted by atomic mass is 32.2. The summed E-state index contributed by atoms with van der Waals surface area (Å²) < 4.78 is 16.2. The lowest BCUT2D eigenvalue weighted by Gasteiger charge is -2.09. The van der Waals surface area contributed by atoms with Gasteiger partial charge in [-0.15, -0.1) is 0 Å². The molecule has 2 unspecified atom stereocenters. The minimum Gasteiger partial charge on any atom is -0.380 e. The highest BCUT2D eigenvalue weighted by Crippen LogP contribution is 1.89. The van der Waals surface area contributed by atoms with E-state index in [0.29, 0.717) is 0 Å². The van der Waals surface area contributed by atoms with Crippen LogP contribution in [0.4, 0.5) is 0 Å². The van der Waals surface area contributed by atoms with Crippen LogP contribution in [0.15, 0.2) is 0 Å². The molecule has 2 atom stereocenters. The molecule has 0 aromatic carbocycles. The molecule has 0 aliphatic heterocycles. The van der Waals surface area contributed by atoms with Gasteiger partial charge >= 0.3 is 0 Å². The Hall–Kier alpha value is 0.0700. The first kappa shape index (κ1) is 13.1. The fourth-order valence-corrected chi connectivity index (χ4v) is 1.17. The quantitative estimate of drug-likeness (QED) is 0.598. The van der Waals surface area contributed by atoms with Crippen molar-refractivity contribution in [1.29, 1.82) is 0 Å². The molecule has 0 rings (SSSR count). The maximum atomic E-state index is 10.9. The SMILES string of the molecule is CCCOCCNCC(C)S(C)=O. The lowest BCUT2D eigenvalue weighted by Crippen LogP contribution is -2.30. The van der Waals surface area contributed by atoms with Crippen molar-refractivity contribution in [2.45, 2.75) is 25.5 Å². The largest absolute Gasteiger partial charge is 0.380 e. The first-order valence-electron chi connectivity index (χ1n) is 4.79. The zero-order valence-electron chi connectivity index (χ0n) is 8.84. The van der Waals surface area contributed by atoms with E-state index in [-0.39, 0.29) is 5.25 Å². The molecule has 13 heavy (non-hydrogen) atoms. The molecular formula is C9H21NO2S. The topological polar surface area (TPSA) is 38.3 Å². The van der Waals surface area contributed by atoms with E-state index in [0.717, 1.165) is 32.7 Å². The predicted octanol–water partition coefficient (Wildman–Crippen LogP) is 0.770. The molecule has 0 aliphatic carbocycles.